The molecule has 1 aromatic carbocycles. The number of rotatable bonds is 5. The Hall–Kier alpha value is -2.34. The SMILES string of the molecule is CCC(=O)c1[nH]c2cccc3c2c1C[C@@H]1C3C[C@H](NC(=O)N(CC)CC)CN1C. The topological polar surface area (TPSA) is 68.4 Å². The van der Waals surface area contributed by atoms with Gasteiger partial charge in [-0.05, 0) is 50.9 Å². The molecule has 4 rings (SSSR count). The predicted octanol–water partition coefficient (Wildman–Crippen LogP) is 3.52. The van der Waals surface area contributed by atoms with Crippen molar-refractivity contribution in [1.82, 2.24) is 20.1 Å². The summed E-state index contributed by atoms with van der Waals surface area (Å²) in [7, 11) is 2.15. The molecule has 3 atom stereocenters. The number of benzene rings is 1. The highest BCUT2D eigenvalue weighted by molar-refractivity contribution is 6.03. The fourth-order valence-electron chi connectivity index (χ4n) is 5.33. The molecule has 2 amide bonds. The second-order valence-electron chi connectivity index (χ2n) is 8.40. The highest BCUT2D eigenvalue weighted by Crippen LogP contribution is 2.44. The van der Waals surface area contributed by atoms with Gasteiger partial charge in [-0.25, -0.2) is 4.79 Å². The summed E-state index contributed by atoms with van der Waals surface area (Å²) in [6.07, 6.45) is 2.33. The molecule has 0 saturated carbocycles. The number of ketones is 1. The lowest BCUT2D eigenvalue weighted by molar-refractivity contribution is 0.0979. The maximum Gasteiger partial charge on any atom is 0.317 e. The number of hydrogen-bond donors (Lipinski definition) is 2. The number of carbonyl (C=O) groups excluding carboxylic acids is 2. The Balaban J connectivity index is 1.67. The molecule has 6 heteroatoms. The maximum atomic E-state index is 12.6. The second kappa shape index (κ2) is 7.82. The summed E-state index contributed by atoms with van der Waals surface area (Å²) in [6.45, 7) is 8.21. The van der Waals surface area contributed by atoms with E-state index in [4.69, 9.17) is 0 Å². The van der Waals surface area contributed by atoms with Crippen LogP contribution in [0.15, 0.2) is 18.2 Å². The van der Waals surface area contributed by atoms with Crippen LogP contribution in [0.3, 0.4) is 0 Å². The van der Waals surface area contributed by atoms with Gasteiger partial charge in [-0.2, -0.15) is 0 Å². The zero-order chi connectivity index (χ0) is 20.7. The lowest BCUT2D eigenvalue weighted by Crippen LogP contribution is -2.56. The van der Waals surface area contributed by atoms with Crippen LogP contribution in [-0.2, 0) is 6.42 Å². The molecule has 1 aromatic heterocycles. The van der Waals surface area contributed by atoms with Gasteiger partial charge in [0, 0.05) is 55.0 Å². The normalized spacial score (nSPS) is 23.7. The number of Topliss-reactive ketones (excluding diaryl/α,β-unsaturated/α-hetero) is 1. The van der Waals surface area contributed by atoms with E-state index < -0.39 is 0 Å². The van der Waals surface area contributed by atoms with E-state index in [1.807, 2.05) is 25.7 Å². The number of amides is 2. The Morgan fingerprint density at radius 1 is 1.24 bits per heavy atom. The van der Waals surface area contributed by atoms with E-state index in [0.29, 0.717) is 18.4 Å². The van der Waals surface area contributed by atoms with Gasteiger partial charge in [-0.15, -0.1) is 0 Å². The zero-order valence-electron chi connectivity index (χ0n) is 17.9. The first kappa shape index (κ1) is 20.0. The summed E-state index contributed by atoms with van der Waals surface area (Å²) in [4.78, 5) is 32.7. The van der Waals surface area contributed by atoms with Gasteiger partial charge in [0.1, 0.15) is 0 Å². The van der Waals surface area contributed by atoms with E-state index >= 15 is 0 Å². The Kier molecular flexibility index (Phi) is 5.38. The Morgan fingerprint density at radius 2 is 2.00 bits per heavy atom. The second-order valence-corrected chi connectivity index (χ2v) is 8.40. The van der Waals surface area contributed by atoms with E-state index in [9.17, 15) is 9.59 Å². The molecule has 2 N–H and O–H groups in total. The Bertz CT molecular complexity index is 930. The van der Waals surface area contributed by atoms with Crippen molar-refractivity contribution in [2.24, 2.45) is 0 Å². The first-order chi connectivity index (χ1) is 14.0. The van der Waals surface area contributed by atoms with Crippen LogP contribution in [0.2, 0.25) is 0 Å². The molecule has 1 unspecified atom stereocenters. The number of likely N-dealkylation sites (tertiary alicyclic amines) is 1. The van der Waals surface area contributed by atoms with Crippen LogP contribution >= 0.6 is 0 Å². The summed E-state index contributed by atoms with van der Waals surface area (Å²) in [6, 6.07) is 6.87. The molecule has 6 nitrogen and oxygen atoms in total. The average Bonchev–Trinajstić information content (AvgIpc) is 3.09. The number of carbonyl (C=O) groups is 2. The van der Waals surface area contributed by atoms with Crippen molar-refractivity contribution in [1.29, 1.82) is 0 Å². The smallest absolute Gasteiger partial charge is 0.317 e. The summed E-state index contributed by atoms with van der Waals surface area (Å²) >= 11 is 0. The third-order valence-corrected chi connectivity index (χ3v) is 6.83. The fourth-order valence-corrected chi connectivity index (χ4v) is 5.33. The zero-order valence-corrected chi connectivity index (χ0v) is 17.9. The molecular formula is C23H32N4O2. The number of hydrogen-bond acceptors (Lipinski definition) is 3. The number of aromatic nitrogens is 1. The molecule has 1 aliphatic heterocycles. The third kappa shape index (κ3) is 3.33. The third-order valence-electron chi connectivity index (χ3n) is 6.83. The maximum absolute atomic E-state index is 12.6. The molecule has 29 heavy (non-hydrogen) atoms. The van der Waals surface area contributed by atoms with Crippen molar-refractivity contribution in [3.8, 4) is 0 Å². The van der Waals surface area contributed by atoms with E-state index in [2.05, 4.69) is 40.4 Å². The van der Waals surface area contributed by atoms with Crippen molar-refractivity contribution in [2.75, 3.05) is 26.7 Å². The summed E-state index contributed by atoms with van der Waals surface area (Å²) in [5, 5.41) is 4.49. The van der Waals surface area contributed by atoms with Crippen molar-refractivity contribution in [3.05, 3.63) is 35.0 Å². The Morgan fingerprint density at radius 3 is 2.69 bits per heavy atom. The van der Waals surface area contributed by atoms with Crippen molar-refractivity contribution < 1.29 is 9.59 Å². The minimum Gasteiger partial charge on any atom is -0.352 e. The first-order valence-electron chi connectivity index (χ1n) is 10.9. The molecule has 1 fully saturated rings. The van der Waals surface area contributed by atoms with Crippen molar-refractivity contribution in [2.45, 2.75) is 58.0 Å². The number of nitrogens with one attached hydrogen (secondary N) is 2. The molecule has 2 aliphatic rings. The van der Waals surface area contributed by atoms with Gasteiger partial charge in [-0.3, -0.25) is 4.79 Å². The van der Waals surface area contributed by atoms with Crippen LogP contribution in [0.5, 0.6) is 0 Å². The van der Waals surface area contributed by atoms with Crippen LogP contribution in [0, 0.1) is 0 Å². The van der Waals surface area contributed by atoms with Crippen molar-refractivity contribution in [3.63, 3.8) is 0 Å². The fraction of sp³-hybridized carbons (Fsp3) is 0.565. The van der Waals surface area contributed by atoms with E-state index in [0.717, 1.165) is 43.7 Å². The number of fused-ring (bicyclic) bond motifs is 2. The standard InChI is InChI=1S/C23H32N4O2/c1-5-20(28)22-17-12-19-16(15-9-8-10-18(25-22)21(15)17)11-14(13-26(19)4)24-23(29)27(6-2)7-3/h8-10,14,16,19,25H,5-7,11-13H2,1-4H3,(H,24,29)/t14-,16?,19+/m0/s1. The lowest BCUT2D eigenvalue weighted by Gasteiger charge is -2.46. The predicted molar refractivity (Wildman–Crippen MR) is 116 cm³/mol. The number of piperidine rings is 1. The Labute approximate surface area is 172 Å². The molecule has 0 bridgehead atoms. The molecule has 2 aromatic rings. The monoisotopic (exact) mass is 396 g/mol. The first-order valence-corrected chi connectivity index (χ1v) is 10.9. The quantitative estimate of drug-likeness (QED) is 0.760. The molecule has 0 radical (unpaired) electrons. The highest BCUT2D eigenvalue weighted by Gasteiger charge is 2.41. The van der Waals surface area contributed by atoms with Crippen molar-refractivity contribution >= 4 is 22.7 Å². The number of likely N-dealkylation sites (N-methyl/N-ethyl adjacent to an activating group) is 1. The van der Waals surface area contributed by atoms with Gasteiger partial charge < -0.3 is 20.1 Å². The van der Waals surface area contributed by atoms with Gasteiger partial charge in [0.2, 0.25) is 0 Å². The minimum absolute atomic E-state index is 0.0269. The van der Waals surface area contributed by atoms with Gasteiger partial charge in [0.15, 0.2) is 5.78 Å². The van der Waals surface area contributed by atoms with Gasteiger partial charge in [-0.1, -0.05) is 19.1 Å². The highest BCUT2D eigenvalue weighted by atomic mass is 16.2. The summed E-state index contributed by atoms with van der Waals surface area (Å²) in [5.41, 5.74) is 4.35. The van der Waals surface area contributed by atoms with Crippen LogP contribution in [-0.4, -0.2) is 65.4 Å². The van der Waals surface area contributed by atoms with Gasteiger partial charge in [0.05, 0.1) is 5.69 Å². The number of urea groups is 1. The van der Waals surface area contributed by atoms with Crippen LogP contribution in [0.25, 0.3) is 10.9 Å². The minimum atomic E-state index is 0.0269. The summed E-state index contributed by atoms with van der Waals surface area (Å²) < 4.78 is 0. The van der Waals surface area contributed by atoms with Gasteiger partial charge in [0.25, 0.3) is 0 Å². The van der Waals surface area contributed by atoms with Gasteiger partial charge >= 0.3 is 6.03 Å². The summed E-state index contributed by atoms with van der Waals surface area (Å²) in [5.74, 6) is 0.538. The molecule has 156 valence electrons. The largest absolute Gasteiger partial charge is 0.352 e. The van der Waals surface area contributed by atoms with E-state index in [1.165, 1.54) is 16.5 Å². The lowest BCUT2D eigenvalue weighted by atomic mass is 9.73. The van der Waals surface area contributed by atoms with Crippen LogP contribution < -0.4 is 5.32 Å². The van der Waals surface area contributed by atoms with E-state index in [-0.39, 0.29) is 17.9 Å². The molecular weight excluding hydrogens is 364 g/mol. The average molecular weight is 397 g/mol. The van der Waals surface area contributed by atoms with Crippen LogP contribution in [0.4, 0.5) is 4.79 Å². The van der Waals surface area contributed by atoms with Crippen LogP contribution in [0.1, 0.15) is 61.1 Å². The van der Waals surface area contributed by atoms with E-state index in [1.54, 1.807) is 0 Å². The molecule has 2 heterocycles. The molecule has 1 saturated heterocycles. The molecule has 1 aliphatic carbocycles. The molecule has 0 spiro atoms. The number of aromatic amines is 1. The number of H-pyrrole nitrogens is 1. The number of nitrogens with zero attached hydrogens (tertiary/aromatic N) is 2.